The van der Waals surface area contributed by atoms with E-state index in [1.807, 2.05) is 30.3 Å². The van der Waals surface area contributed by atoms with E-state index in [2.05, 4.69) is 10.3 Å². The van der Waals surface area contributed by atoms with Crippen LogP contribution in [-0.2, 0) is 0 Å². The zero-order chi connectivity index (χ0) is 23.9. The zero-order valence-electron chi connectivity index (χ0n) is 16.9. The number of fused-ring (bicyclic) bond motifs is 1. The summed E-state index contributed by atoms with van der Waals surface area (Å²) < 4.78 is 5.20. The van der Waals surface area contributed by atoms with E-state index >= 15 is 0 Å². The van der Waals surface area contributed by atoms with Gasteiger partial charge in [-0.25, -0.2) is 4.98 Å². The van der Waals surface area contributed by atoms with Crippen molar-refractivity contribution < 1.29 is 35.5 Å². The molecule has 1 aromatic heterocycles. The number of nitrogens with one attached hydrogen (secondary N) is 1. The first-order valence-corrected chi connectivity index (χ1v) is 8.92. The summed E-state index contributed by atoms with van der Waals surface area (Å²) in [6, 6.07) is 9.65. The maximum absolute atomic E-state index is 9.10. The van der Waals surface area contributed by atoms with Crippen LogP contribution >= 0.6 is 0 Å². The smallest absolute Gasteiger partial charge is 0.291 e. The lowest BCUT2D eigenvalue weighted by molar-refractivity contribution is -0.742. The fourth-order valence-corrected chi connectivity index (χ4v) is 2.59. The van der Waals surface area contributed by atoms with Crippen molar-refractivity contribution in [3.63, 3.8) is 0 Å². The number of aromatic nitrogens is 1. The molecule has 0 bridgehead atoms. The molecule has 7 N–H and O–H groups in total. The van der Waals surface area contributed by atoms with E-state index in [4.69, 9.17) is 51.3 Å². The summed E-state index contributed by atoms with van der Waals surface area (Å²) >= 11 is 0. The summed E-state index contributed by atoms with van der Waals surface area (Å²) in [5.74, 6) is 1.58. The van der Waals surface area contributed by atoms with Crippen LogP contribution in [0.15, 0.2) is 30.3 Å². The predicted octanol–water partition coefficient (Wildman–Crippen LogP) is 0.812. The molecule has 174 valence electrons. The van der Waals surface area contributed by atoms with Gasteiger partial charge in [0.1, 0.15) is 11.6 Å². The molecule has 0 aliphatic carbocycles. The monoisotopic (exact) mass is 445 g/mol. The minimum Gasteiger partial charge on any atom is -0.497 e. The van der Waals surface area contributed by atoms with E-state index in [0.717, 1.165) is 22.5 Å². The van der Waals surface area contributed by atoms with Crippen LogP contribution in [0.3, 0.4) is 0 Å². The van der Waals surface area contributed by atoms with Crippen molar-refractivity contribution in [2.75, 3.05) is 32.2 Å². The van der Waals surface area contributed by atoms with Gasteiger partial charge in [0.25, 0.3) is 10.2 Å². The van der Waals surface area contributed by atoms with Crippen molar-refractivity contribution in [2.24, 2.45) is 5.73 Å². The van der Waals surface area contributed by atoms with Crippen LogP contribution < -0.4 is 15.8 Å². The molecular formula is C17H27N5O9. The van der Waals surface area contributed by atoms with E-state index < -0.39 is 15.7 Å². The normalized spacial score (nSPS) is 10.2. The Bertz CT molecular complexity index is 796. The van der Waals surface area contributed by atoms with E-state index in [0.29, 0.717) is 25.8 Å². The summed E-state index contributed by atoms with van der Waals surface area (Å²) in [4.78, 5) is 21.3. The number of methoxy groups -OCH3 is 1. The topological polar surface area (TPSA) is 227 Å². The molecule has 1 heterocycles. The third kappa shape index (κ3) is 12.6. The molecule has 0 saturated heterocycles. The molecular weight excluding hydrogens is 418 g/mol. The predicted molar refractivity (Wildman–Crippen MR) is 109 cm³/mol. The Kier molecular flexibility index (Phi) is 12.9. The van der Waals surface area contributed by atoms with E-state index in [1.54, 1.807) is 7.11 Å². The Labute approximate surface area is 177 Å². The SMILES string of the molecule is COc1ccc2nc(NCCC(N)(CCO)CCO)ccc2c1.O=[N+]([O-])O.O=[N+]([O-])O. The van der Waals surface area contributed by atoms with Crippen LogP contribution in [0.5, 0.6) is 5.75 Å². The van der Waals surface area contributed by atoms with E-state index in [-0.39, 0.29) is 13.2 Å². The molecule has 0 radical (unpaired) electrons. The minimum absolute atomic E-state index is 0.0204. The third-order valence-electron chi connectivity index (χ3n) is 4.04. The molecule has 2 aromatic rings. The highest BCUT2D eigenvalue weighted by Crippen LogP contribution is 2.21. The average molecular weight is 445 g/mol. The van der Waals surface area contributed by atoms with Gasteiger partial charge in [0, 0.05) is 30.7 Å². The molecule has 0 fully saturated rings. The lowest BCUT2D eigenvalue weighted by Gasteiger charge is -2.28. The van der Waals surface area contributed by atoms with Crippen molar-refractivity contribution in [3.8, 4) is 5.75 Å². The number of hydrogen-bond acceptors (Lipinski definition) is 10. The third-order valence-corrected chi connectivity index (χ3v) is 4.04. The number of nitrogens with zero attached hydrogens (tertiary/aromatic N) is 3. The number of anilines is 1. The maximum Gasteiger partial charge on any atom is 0.291 e. The molecule has 0 aliphatic heterocycles. The Morgan fingerprint density at radius 2 is 1.61 bits per heavy atom. The molecule has 0 saturated carbocycles. The van der Waals surface area contributed by atoms with Crippen LogP contribution in [0.4, 0.5) is 5.82 Å². The second kappa shape index (κ2) is 14.5. The van der Waals surface area contributed by atoms with Crippen molar-refractivity contribution in [2.45, 2.75) is 24.8 Å². The highest BCUT2D eigenvalue weighted by molar-refractivity contribution is 5.81. The Hall–Kier alpha value is -3.49. The number of hydrogen-bond donors (Lipinski definition) is 6. The summed E-state index contributed by atoms with van der Waals surface area (Å²) in [6.07, 6.45) is 1.59. The summed E-state index contributed by atoms with van der Waals surface area (Å²) in [5.41, 5.74) is 6.55. The lowest BCUT2D eigenvalue weighted by Crippen LogP contribution is -2.43. The van der Waals surface area contributed by atoms with Crippen molar-refractivity contribution in [1.29, 1.82) is 0 Å². The van der Waals surface area contributed by atoms with Crippen LogP contribution in [-0.4, -0.2) is 68.2 Å². The highest BCUT2D eigenvalue weighted by Gasteiger charge is 2.23. The number of nitrogens with two attached hydrogens (primary N) is 1. The van der Waals surface area contributed by atoms with Gasteiger partial charge in [-0.2, -0.15) is 0 Å². The van der Waals surface area contributed by atoms with E-state index in [1.165, 1.54) is 0 Å². The molecule has 0 unspecified atom stereocenters. The Morgan fingerprint density at radius 3 is 2.10 bits per heavy atom. The van der Waals surface area contributed by atoms with Gasteiger partial charge in [0.2, 0.25) is 0 Å². The lowest BCUT2D eigenvalue weighted by atomic mass is 9.89. The molecule has 0 aliphatic rings. The Balaban J connectivity index is 0.000000967. The standard InChI is InChI=1S/C17H25N3O3.2HNO3/c1-23-14-3-4-15-13(12-14)2-5-16(20-15)19-9-6-17(18,7-10-21)8-11-22;2*2-1(3)4/h2-5,12,21-22H,6-11,18H2,1H3,(H,19,20);2*(H,2,3,4). The molecule has 0 amide bonds. The highest BCUT2D eigenvalue weighted by atomic mass is 16.9. The average Bonchev–Trinajstić information content (AvgIpc) is 2.67. The van der Waals surface area contributed by atoms with Crippen molar-refractivity contribution >= 4 is 16.7 Å². The maximum atomic E-state index is 9.10. The quantitative estimate of drug-likeness (QED) is 0.233. The molecule has 14 nitrogen and oxygen atoms in total. The second-order valence-electron chi connectivity index (χ2n) is 6.22. The van der Waals surface area contributed by atoms with Crippen molar-refractivity contribution in [3.05, 3.63) is 50.6 Å². The van der Waals surface area contributed by atoms with Gasteiger partial charge in [0.15, 0.2) is 0 Å². The Morgan fingerprint density at radius 1 is 1.06 bits per heavy atom. The van der Waals surface area contributed by atoms with Crippen LogP contribution in [0.1, 0.15) is 19.3 Å². The molecule has 14 heteroatoms. The summed E-state index contributed by atoms with van der Waals surface area (Å²) in [5, 5.41) is 49.8. The van der Waals surface area contributed by atoms with Gasteiger partial charge in [-0.1, -0.05) is 0 Å². The molecule has 31 heavy (non-hydrogen) atoms. The van der Waals surface area contributed by atoms with Gasteiger partial charge < -0.3 is 36.4 Å². The second-order valence-corrected chi connectivity index (χ2v) is 6.22. The van der Waals surface area contributed by atoms with Gasteiger partial charge in [-0.15, -0.1) is 20.2 Å². The molecule has 0 atom stereocenters. The number of ether oxygens (including phenoxy) is 1. The first-order valence-electron chi connectivity index (χ1n) is 8.92. The fraction of sp³-hybridized carbons (Fsp3) is 0.471. The van der Waals surface area contributed by atoms with Crippen LogP contribution in [0, 0.1) is 20.2 Å². The largest absolute Gasteiger partial charge is 0.497 e. The fourth-order valence-electron chi connectivity index (χ4n) is 2.59. The minimum atomic E-state index is -1.50. The van der Waals surface area contributed by atoms with E-state index in [9.17, 15) is 0 Å². The number of pyridine rings is 1. The van der Waals surface area contributed by atoms with Gasteiger partial charge in [-0.3, -0.25) is 0 Å². The molecule has 1 aromatic carbocycles. The first kappa shape index (κ1) is 27.5. The van der Waals surface area contributed by atoms with Crippen molar-refractivity contribution in [1.82, 2.24) is 4.98 Å². The summed E-state index contributed by atoms with van der Waals surface area (Å²) in [6.45, 7) is 0.671. The van der Waals surface area contributed by atoms with Crippen LogP contribution in [0.25, 0.3) is 10.9 Å². The summed E-state index contributed by atoms with van der Waals surface area (Å²) in [7, 11) is 1.64. The first-order chi connectivity index (χ1) is 14.6. The number of rotatable bonds is 9. The van der Waals surface area contributed by atoms with Crippen LogP contribution in [0.2, 0.25) is 0 Å². The molecule has 2 rings (SSSR count). The number of benzene rings is 1. The molecule has 0 spiro atoms. The van der Waals surface area contributed by atoms with Gasteiger partial charge >= 0.3 is 0 Å². The number of aliphatic hydroxyl groups excluding tert-OH is 2. The number of aliphatic hydroxyl groups is 2. The zero-order valence-corrected chi connectivity index (χ0v) is 16.9. The van der Waals surface area contributed by atoms with Gasteiger partial charge in [0.05, 0.1) is 12.6 Å². The van der Waals surface area contributed by atoms with Gasteiger partial charge in [-0.05, 0) is 49.6 Å².